The van der Waals surface area contributed by atoms with Crippen LogP contribution >= 0.6 is 9.24 Å². The summed E-state index contributed by atoms with van der Waals surface area (Å²) < 4.78 is 51.6. The zero-order valence-electron chi connectivity index (χ0n) is 9.25. The van der Waals surface area contributed by atoms with Crippen molar-refractivity contribution in [3.05, 3.63) is 29.1 Å². The molecule has 8 heteroatoms. The largest absolute Gasteiger partial charge is 0.478 e. The van der Waals surface area contributed by atoms with Crippen molar-refractivity contribution in [2.45, 2.75) is 12.2 Å². The van der Waals surface area contributed by atoms with Crippen LogP contribution in [0.25, 0.3) is 6.08 Å². The van der Waals surface area contributed by atoms with E-state index in [4.69, 9.17) is 5.11 Å². The number of fused-ring (bicyclic) bond motifs is 1. The first-order valence-corrected chi connectivity index (χ1v) is 5.65. The third-order valence-electron chi connectivity index (χ3n) is 2.66. The molecule has 0 saturated heterocycles. The van der Waals surface area contributed by atoms with Gasteiger partial charge in [0.05, 0.1) is 5.57 Å². The summed E-state index contributed by atoms with van der Waals surface area (Å²) in [5.74, 6) is -2.36. The van der Waals surface area contributed by atoms with Gasteiger partial charge in [-0.05, 0) is 23.8 Å². The number of halogens is 4. The molecular weight excluding hydrogens is 285 g/mol. The number of carbonyl (C=O) groups is 1. The van der Waals surface area contributed by atoms with Crippen molar-refractivity contribution in [1.82, 2.24) is 0 Å². The van der Waals surface area contributed by atoms with Crippen LogP contribution in [0.1, 0.15) is 5.56 Å². The lowest BCUT2D eigenvalue weighted by Crippen LogP contribution is -2.42. The Kier molecular flexibility index (Phi) is 3.26. The molecule has 0 fully saturated rings. The van der Waals surface area contributed by atoms with Crippen LogP contribution in [0.3, 0.4) is 0 Å². The number of carboxylic acids is 1. The zero-order chi connectivity index (χ0) is 14.4. The van der Waals surface area contributed by atoms with Crippen molar-refractivity contribution in [1.29, 1.82) is 0 Å². The summed E-state index contributed by atoms with van der Waals surface area (Å²) in [6.07, 6.45) is -3.88. The molecule has 0 spiro atoms. The molecule has 1 aliphatic rings. The lowest BCUT2D eigenvalue weighted by Gasteiger charge is -2.28. The van der Waals surface area contributed by atoms with Crippen molar-refractivity contribution in [2.24, 2.45) is 0 Å². The van der Waals surface area contributed by atoms with Gasteiger partial charge in [-0.25, -0.2) is 9.18 Å². The van der Waals surface area contributed by atoms with E-state index in [1.54, 1.807) is 0 Å². The van der Waals surface area contributed by atoms with Crippen LogP contribution in [0.5, 0.6) is 0 Å². The minimum Gasteiger partial charge on any atom is -0.478 e. The number of alkyl halides is 3. The van der Waals surface area contributed by atoms with E-state index in [-0.39, 0.29) is 16.6 Å². The van der Waals surface area contributed by atoms with E-state index in [9.17, 15) is 22.4 Å². The van der Waals surface area contributed by atoms with Crippen LogP contribution in [0, 0.1) is 5.82 Å². The fraction of sp³-hybridized carbons (Fsp3) is 0.182. The van der Waals surface area contributed by atoms with E-state index in [1.165, 1.54) is 6.07 Å². The van der Waals surface area contributed by atoms with Gasteiger partial charge < -0.3 is 10.4 Å². The number of hydrogen-bond acceptors (Lipinski definition) is 2. The average molecular weight is 293 g/mol. The second-order valence-electron chi connectivity index (χ2n) is 3.98. The predicted molar refractivity (Wildman–Crippen MR) is 64.8 cm³/mol. The van der Waals surface area contributed by atoms with Crippen molar-refractivity contribution in [2.75, 3.05) is 5.32 Å². The van der Waals surface area contributed by atoms with Crippen LogP contribution in [0.15, 0.2) is 17.7 Å². The Labute approximate surface area is 107 Å². The first-order chi connectivity index (χ1) is 8.70. The molecule has 19 heavy (non-hydrogen) atoms. The monoisotopic (exact) mass is 293 g/mol. The van der Waals surface area contributed by atoms with Gasteiger partial charge in [0.2, 0.25) is 0 Å². The van der Waals surface area contributed by atoms with E-state index in [2.05, 4.69) is 9.24 Å². The molecule has 2 N–H and O–H groups in total. The Balaban J connectivity index is 2.57. The highest BCUT2D eigenvalue weighted by Crippen LogP contribution is 2.35. The van der Waals surface area contributed by atoms with E-state index in [0.717, 1.165) is 12.1 Å². The second kappa shape index (κ2) is 4.49. The molecule has 0 bridgehead atoms. The number of anilines is 1. The minimum atomic E-state index is -4.78. The van der Waals surface area contributed by atoms with E-state index >= 15 is 0 Å². The molecule has 0 aromatic heterocycles. The lowest BCUT2D eigenvalue weighted by molar-refractivity contribution is -0.146. The van der Waals surface area contributed by atoms with Gasteiger partial charge in [0.25, 0.3) is 0 Å². The van der Waals surface area contributed by atoms with E-state index in [1.807, 2.05) is 5.32 Å². The van der Waals surface area contributed by atoms with Gasteiger partial charge >= 0.3 is 12.1 Å². The Morgan fingerprint density at radius 1 is 1.37 bits per heavy atom. The minimum absolute atomic E-state index is 0.0870. The van der Waals surface area contributed by atoms with Crippen LogP contribution in [-0.2, 0) is 4.79 Å². The molecule has 102 valence electrons. The first-order valence-electron chi connectivity index (χ1n) is 5.07. The van der Waals surface area contributed by atoms with Gasteiger partial charge in [-0.1, -0.05) is 0 Å². The third kappa shape index (κ3) is 2.56. The molecule has 2 rings (SSSR count). The maximum atomic E-state index is 13.3. The van der Waals surface area contributed by atoms with Crippen molar-refractivity contribution < 1.29 is 27.5 Å². The molecular formula is C11H8F4NO2P. The first kappa shape index (κ1) is 13.8. The molecule has 2 atom stereocenters. The molecule has 1 aromatic carbocycles. The molecule has 0 aliphatic carbocycles. The van der Waals surface area contributed by atoms with Crippen LogP contribution < -0.4 is 10.6 Å². The Hall–Kier alpha value is -1.62. The number of aliphatic carboxylic acids is 1. The molecule has 0 amide bonds. The van der Waals surface area contributed by atoms with Gasteiger partial charge in [0.1, 0.15) is 5.82 Å². The molecule has 3 nitrogen and oxygen atoms in total. The van der Waals surface area contributed by atoms with E-state index in [0.29, 0.717) is 0 Å². The van der Waals surface area contributed by atoms with Gasteiger partial charge in [-0.15, -0.1) is 9.24 Å². The quantitative estimate of drug-likeness (QED) is 0.616. The summed E-state index contributed by atoms with van der Waals surface area (Å²) in [5.41, 5.74) is -0.712. The SMILES string of the molecule is O=C(O)C1=Cc2cc(P)c(F)cc2NC1C(F)(F)F. The van der Waals surface area contributed by atoms with Crippen molar-refractivity contribution >= 4 is 32.3 Å². The van der Waals surface area contributed by atoms with Gasteiger partial charge in [0.15, 0.2) is 6.04 Å². The highest BCUT2D eigenvalue weighted by Gasteiger charge is 2.46. The van der Waals surface area contributed by atoms with E-state index < -0.39 is 29.6 Å². The fourth-order valence-corrected chi connectivity index (χ4v) is 2.04. The Morgan fingerprint density at radius 2 is 2.00 bits per heavy atom. The summed E-state index contributed by atoms with van der Waals surface area (Å²) in [6.45, 7) is 0. The van der Waals surface area contributed by atoms with Gasteiger partial charge in [0, 0.05) is 11.0 Å². The number of benzene rings is 1. The molecule has 1 aliphatic heterocycles. The number of hydrogen-bond donors (Lipinski definition) is 2. The van der Waals surface area contributed by atoms with Crippen LogP contribution in [0.4, 0.5) is 23.2 Å². The van der Waals surface area contributed by atoms with Crippen LogP contribution in [0.2, 0.25) is 0 Å². The summed E-state index contributed by atoms with van der Waals surface area (Å²) in [7, 11) is 2.08. The summed E-state index contributed by atoms with van der Waals surface area (Å²) >= 11 is 0. The molecule has 1 aromatic rings. The molecule has 0 radical (unpaired) electrons. The van der Waals surface area contributed by atoms with Crippen LogP contribution in [-0.4, -0.2) is 23.3 Å². The predicted octanol–water partition coefficient (Wildman–Crippen LogP) is 2.15. The maximum absolute atomic E-state index is 13.3. The molecule has 2 unspecified atom stereocenters. The smallest absolute Gasteiger partial charge is 0.413 e. The topological polar surface area (TPSA) is 49.3 Å². The standard InChI is InChI=1S/C11H8F4NO2P/c12-6-3-7-4(2-8(6)19)1-5(10(17)18)9(16-7)11(13,14)15/h1-3,9,16H,19H2,(H,17,18). The van der Waals surface area contributed by atoms with Gasteiger partial charge in [-0.2, -0.15) is 13.2 Å². The zero-order valence-corrected chi connectivity index (χ0v) is 10.4. The highest BCUT2D eigenvalue weighted by molar-refractivity contribution is 7.27. The maximum Gasteiger partial charge on any atom is 0.413 e. The average Bonchev–Trinajstić information content (AvgIpc) is 2.27. The fourth-order valence-electron chi connectivity index (χ4n) is 1.78. The number of carboxylic acid groups (broad SMARTS) is 1. The van der Waals surface area contributed by atoms with Crippen molar-refractivity contribution in [3.63, 3.8) is 0 Å². The highest BCUT2D eigenvalue weighted by atomic mass is 31.0. The number of nitrogens with one attached hydrogen (secondary N) is 1. The Morgan fingerprint density at radius 3 is 2.53 bits per heavy atom. The molecule has 1 heterocycles. The summed E-state index contributed by atoms with van der Waals surface area (Å²) in [6, 6.07) is -0.184. The molecule has 0 saturated carbocycles. The normalized spacial score (nSPS) is 18.4. The number of rotatable bonds is 1. The summed E-state index contributed by atoms with van der Waals surface area (Å²) in [5, 5.41) is 11.0. The third-order valence-corrected chi connectivity index (χ3v) is 3.11. The van der Waals surface area contributed by atoms with Crippen molar-refractivity contribution in [3.8, 4) is 0 Å². The lowest BCUT2D eigenvalue weighted by atomic mass is 9.97. The summed E-state index contributed by atoms with van der Waals surface area (Å²) in [4.78, 5) is 10.9. The van der Waals surface area contributed by atoms with Gasteiger partial charge in [-0.3, -0.25) is 0 Å². The second-order valence-corrected chi connectivity index (χ2v) is 4.61. The Bertz CT molecular complexity index is 583.